The third-order valence-corrected chi connectivity index (χ3v) is 2.63. The summed E-state index contributed by atoms with van der Waals surface area (Å²) < 4.78 is 0. The summed E-state index contributed by atoms with van der Waals surface area (Å²) in [5.41, 5.74) is 0. The first kappa shape index (κ1) is 6.62. The van der Waals surface area contributed by atoms with Crippen LogP contribution in [0.2, 0.25) is 0 Å². The fourth-order valence-corrected chi connectivity index (χ4v) is 1.99. The van der Waals surface area contributed by atoms with Crippen molar-refractivity contribution in [1.29, 1.82) is 0 Å². The molecule has 2 nitrogen and oxygen atoms in total. The summed E-state index contributed by atoms with van der Waals surface area (Å²) in [6.07, 6.45) is 2.78. The summed E-state index contributed by atoms with van der Waals surface area (Å²) in [5.74, 6) is 0. The highest BCUT2D eigenvalue weighted by atomic mass is 15.2. The summed E-state index contributed by atoms with van der Waals surface area (Å²) in [6.45, 7) is 8.01. The van der Waals surface area contributed by atoms with Crippen molar-refractivity contribution in [2.45, 2.75) is 12.8 Å². The maximum atomic E-state index is 2.60. The molecule has 0 amide bonds. The highest BCUT2D eigenvalue weighted by molar-refractivity contribution is 4.73. The summed E-state index contributed by atoms with van der Waals surface area (Å²) in [7, 11) is 0. The Hall–Kier alpha value is -0.0800. The van der Waals surface area contributed by atoms with Crippen LogP contribution in [0.5, 0.6) is 0 Å². The Labute approximate surface area is 62.8 Å². The van der Waals surface area contributed by atoms with Crippen molar-refractivity contribution in [2.24, 2.45) is 0 Å². The zero-order valence-corrected chi connectivity index (χ0v) is 6.55. The number of fused-ring (bicyclic) bond motifs is 3. The van der Waals surface area contributed by atoms with Gasteiger partial charge in [0.05, 0.1) is 0 Å². The molecule has 0 N–H and O–H groups in total. The van der Waals surface area contributed by atoms with E-state index < -0.39 is 0 Å². The van der Waals surface area contributed by atoms with Crippen LogP contribution in [0, 0.1) is 0 Å². The van der Waals surface area contributed by atoms with Crippen molar-refractivity contribution >= 4 is 0 Å². The van der Waals surface area contributed by atoms with Crippen LogP contribution in [0.15, 0.2) is 0 Å². The lowest BCUT2D eigenvalue weighted by molar-refractivity contribution is 0.281. The van der Waals surface area contributed by atoms with Crippen molar-refractivity contribution in [2.75, 3.05) is 39.3 Å². The van der Waals surface area contributed by atoms with Crippen LogP contribution in [0.4, 0.5) is 0 Å². The lowest BCUT2D eigenvalue weighted by Crippen LogP contribution is -2.27. The van der Waals surface area contributed by atoms with E-state index in [0.717, 1.165) is 0 Å². The number of rotatable bonds is 0. The lowest BCUT2D eigenvalue weighted by atomic mass is 10.3. The Morgan fingerprint density at radius 1 is 0.500 bits per heavy atom. The topological polar surface area (TPSA) is 6.48 Å². The van der Waals surface area contributed by atoms with Crippen LogP contribution in [0.1, 0.15) is 12.8 Å². The maximum Gasteiger partial charge on any atom is 0.0109 e. The summed E-state index contributed by atoms with van der Waals surface area (Å²) in [5, 5.41) is 0. The number of nitrogens with zero attached hydrogens (tertiary/aromatic N) is 2. The van der Waals surface area contributed by atoms with Crippen molar-refractivity contribution in [3.8, 4) is 0 Å². The SMILES string of the molecule is C1CN2CCCN(C1)CC2. The van der Waals surface area contributed by atoms with E-state index in [4.69, 9.17) is 0 Å². The minimum Gasteiger partial charge on any atom is -0.302 e. The standard InChI is InChI=1S/C8H16N2/c1-3-9-5-2-6-10(4-1)8-7-9/h1-8H2. The second kappa shape index (κ2) is 2.89. The van der Waals surface area contributed by atoms with E-state index in [1.54, 1.807) is 0 Å². The molecule has 0 atom stereocenters. The van der Waals surface area contributed by atoms with Gasteiger partial charge in [-0.25, -0.2) is 0 Å². The van der Waals surface area contributed by atoms with E-state index in [-0.39, 0.29) is 0 Å². The molecule has 2 bridgehead atoms. The third kappa shape index (κ3) is 1.32. The molecule has 58 valence electrons. The van der Waals surface area contributed by atoms with Gasteiger partial charge in [-0.3, -0.25) is 0 Å². The Morgan fingerprint density at radius 2 is 0.900 bits per heavy atom. The van der Waals surface area contributed by atoms with Crippen LogP contribution in [0.3, 0.4) is 0 Å². The molecule has 2 heteroatoms. The molecule has 2 rings (SSSR count). The molecule has 10 heavy (non-hydrogen) atoms. The van der Waals surface area contributed by atoms with Gasteiger partial charge in [-0.05, 0) is 39.0 Å². The summed E-state index contributed by atoms with van der Waals surface area (Å²) in [6, 6.07) is 0. The van der Waals surface area contributed by atoms with Gasteiger partial charge < -0.3 is 9.80 Å². The van der Waals surface area contributed by atoms with Gasteiger partial charge in [-0.15, -0.1) is 0 Å². The maximum absolute atomic E-state index is 2.60. The first-order chi connectivity index (χ1) is 4.95. The van der Waals surface area contributed by atoms with Crippen molar-refractivity contribution in [3.05, 3.63) is 0 Å². The van der Waals surface area contributed by atoms with Gasteiger partial charge >= 0.3 is 0 Å². The highest BCUT2D eigenvalue weighted by Crippen LogP contribution is 2.08. The van der Waals surface area contributed by atoms with Gasteiger partial charge in [0, 0.05) is 13.1 Å². The molecule has 2 saturated heterocycles. The van der Waals surface area contributed by atoms with E-state index in [1.807, 2.05) is 0 Å². The molecule has 0 aromatic heterocycles. The monoisotopic (exact) mass is 140 g/mol. The Morgan fingerprint density at radius 3 is 1.30 bits per heavy atom. The smallest absolute Gasteiger partial charge is 0.0109 e. The average molecular weight is 140 g/mol. The van der Waals surface area contributed by atoms with E-state index in [2.05, 4.69) is 9.80 Å². The molecular weight excluding hydrogens is 124 g/mol. The third-order valence-electron chi connectivity index (χ3n) is 2.63. The summed E-state index contributed by atoms with van der Waals surface area (Å²) in [4.78, 5) is 5.21. The molecule has 0 spiro atoms. The molecular formula is C8H16N2. The van der Waals surface area contributed by atoms with Crippen LogP contribution in [0.25, 0.3) is 0 Å². The molecule has 0 aromatic rings. The Balaban J connectivity index is 2.01. The second-order valence-electron chi connectivity index (χ2n) is 3.39. The largest absolute Gasteiger partial charge is 0.302 e. The van der Waals surface area contributed by atoms with Gasteiger partial charge in [-0.1, -0.05) is 0 Å². The predicted molar refractivity (Wildman–Crippen MR) is 42.1 cm³/mol. The van der Waals surface area contributed by atoms with Crippen molar-refractivity contribution in [1.82, 2.24) is 9.80 Å². The molecule has 2 aliphatic heterocycles. The Kier molecular flexibility index (Phi) is 1.91. The first-order valence-electron chi connectivity index (χ1n) is 4.40. The van der Waals surface area contributed by atoms with Crippen LogP contribution in [-0.2, 0) is 0 Å². The van der Waals surface area contributed by atoms with Crippen LogP contribution in [-0.4, -0.2) is 49.1 Å². The fraction of sp³-hybridized carbons (Fsp3) is 1.00. The molecule has 2 aliphatic rings. The molecule has 2 fully saturated rings. The second-order valence-corrected chi connectivity index (χ2v) is 3.39. The van der Waals surface area contributed by atoms with E-state index in [9.17, 15) is 0 Å². The van der Waals surface area contributed by atoms with E-state index in [0.29, 0.717) is 0 Å². The summed E-state index contributed by atoms with van der Waals surface area (Å²) >= 11 is 0. The van der Waals surface area contributed by atoms with Crippen LogP contribution >= 0.6 is 0 Å². The molecule has 2 heterocycles. The normalized spacial score (nSPS) is 40.8. The van der Waals surface area contributed by atoms with Gasteiger partial charge in [0.2, 0.25) is 0 Å². The molecule has 0 aliphatic carbocycles. The zero-order valence-electron chi connectivity index (χ0n) is 6.55. The number of hydrogen-bond acceptors (Lipinski definition) is 2. The predicted octanol–water partition coefficient (Wildman–Crippen LogP) is 0.398. The van der Waals surface area contributed by atoms with Gasteiger partial charge in [0.15, 0.2) is 0 Å². The minimum absolute atomic E-state index is 1.32. The lowest BCUT2D eigenvalue weighted by Gasteiger charge is -2.19. The zero-order chi connectivity index (χ0) is 6.81. The molecule has 0 aromatic carbocycles. The molecule has 0 saturated carbocycles. The number of hydrogen-bond donors (Lipinski definition) is 0. The van der Waals surface area contributed by atoms with E-state index >= 15 is 0 Å². The molecule has 0 unspecified atom stereocenters. The van der Waals surface area contributed by atoms with Crippen molar-refractivity contribution < 1.29 is 0 Å². The van der Waals surface area contributed by atoms with Crippen LogP contribution < -0.4 is 0 Å². The minimum atomic E-state index is 1.32. The molecule has 0 radical (unpaired) electrons. The van der Waals surface area contributed by atoms with Crippen molar-refractivity contribution in [3.63, 3.8) is 0 Å². The van der Waals surface area contributed by atoms with Gasteiger partial charge in [0.1, 0.15) is 0 Å². The fourth-order valence-electron chi connectivity index (χ4n) is 1.99. The Bertz CT molecular complexity index is 91.8. The average Bonchev–Trinajstić information content (AvgIpc) is 2.17. The van der Waals surface area contributed by atoms with E-state index in [1.165, 1.54) is 52.1 Å². The van der Waals surface area contributed by atoms with Gasteiger partial charge in [0.25, 0.3) is 0 Å². The quantitative estimate of drug-likeness (QED) is 0.480. The first-order valence-corrected chi connectivity index (χ1v) is 4.40. The highest BCUT2D eigenvalue weighted by Gasteiger charge is 2.17. The van der Waals surface area contributed by atoms with Gasteiger partial charge in [-0.2, -0.15) is 0 Å².